The van der Waals surface area contributed by atoms with Crippen molar-refractivity contribution < 1.29 is 14.2 Å². The molecule has 0 saturated heterocycles. The van der Waals surface area contributed by atoms with Gasteiger partial charge in [0, 0.05) is 5.56 Å². The van der Waals surface area contributed by atoms with Crippen LogP contribution < -0.4 is 4.74 Å². The van der Waals surface area contributed by atoms with E-state index in [1.807, 2.05) is 13.8 Å². The first-order valence-corrected chi connectivity index (χ1v) is 6.87. The molecule has 0 spiro atoms. The predicted molar refractivity (Wildman–Crippen MR) is 75.8 cm³/mol. The van der Waals surface area contributed by atoms with Crippen LogP contribution >= 0.6 is 0 Å². The Balaban J connectivity index is 2.45. The Hall–Kier alpha value is -1.60. The first-order valence-electron chi connectivity index (χ1n) is 6.87. The number of halogens is 1. The summed E-state index contributed by atoms with van der Waals surface area (Å²) < 4.78 is 18.7. The zero-order valence-electron chi connectivity index (χ0n) is 12.3. The Morgan fingerprint density at radius 1 is 1.40 bits per heavy atom. The van der Waals surface area contributed by atoms with Crippen molar-refractivity contribution in [3.05, 3.63) is 29.6 Å². The number of benzene rings is 1. The van der Waals surface area contributed by atoms with E-state index < -0.39 is 6.10 Å². The summed E-state index contributed by atoms with van der Waals surface area (Å²) in [4.78, 5) is 0. The number of aliphatic hydroxyl groups excluding tert-OH is 1. The minimum absolute atomic E-state index is 0.305. The maximum atomic E-state index is 13.1. The largest absolute Gasteiger partial charge is 0.493 e. The number of unbranched alkanes of at least 4 members (excludes halogenated alkanes) is 1. The quantitative estimate of drug-likeness (QED) is 0.768. The van der Waals surface area contributed by atoms with Crippen molar-refractivity contribution in [2.24, 2.45) is 5.41 Å². The van der Waals surface area contributed by atoms with Gasteiger partial charge in [0.2, 0.25) is 0 Å². The summed E-state index contributed by atoms with van der Waals surface area (Å²) >= 11 is 0. The highest BCUT2D eigenvalue weighted by Crippen LogP contribution is 2.26. The average Bonchev–Trinajstić information content (AvgIpc) is 2.39. The van der Waals surface area contributed by atoms with E-state index in [0.717, 1.165) is 19.3 Å². The summed E-state index contributed by atoms with van der Waals surface area (Å²) in [6, 6.07) is 6.41. The minimum atomic E-state index is -0.766. The normalized spacial score (nSPS) is 12.8. The van der Waals surface area contributed by atoms with Crippen LogP contribution in [0.3, 0.4) is 0 Å². The first-order chi connectivity index (χ1) is 9.35. The lowest BCUT2D eigenvalue weighted by Crippen LogP contribution is -2.09. The number of ether oxygens (including phenoxy) is 1. The van der Waals surface area contributed by atoms with E-state index in [-0.39, 0.29) is 11.2 Å². The molecule has 110 valence electrons. The molecule has 0 aliphatic heterocycles. The monoisotopic (exact) mass is 279 g/mol. The Labute approximate surface area is 120 Å². The number of nitriles is 1. The molecule has 0 heterocycles. The van der Waals surface area contributed by atoms with Crippen LogP contribution in [0.5, 0.6) is 5.75 Å². The highest BCUT2D eigenvalue weighted by atomic mass is 19.1. The molecular formula is C16H22FNO2. The third-order valence-electron chi connectivity index (χ3n) is 3.18. The van der Waals surface area contributed by atoms with Crippen LogP contribution in [0.1, 0.15) is 51.7 Å². The molecule has 0 aliphatic rings. The van der Waals surface area contributed by atoms with Gasteiger partial charge in [-0.05, 0) is 58.2 Å². The van der Waals surface area contributed by atoms with Crippen molar-refractivity contribution in [1.82, 2.24) is 0 Å². The fraction of sp³-hybridized carbons (Fsp3) is 0.562. The van der Waals surface area contributed by atoms with Crippen molar-refractivity contribution in [3.8, 4) is 11.8 Å². The van der Waals surface area contributed by atoms with Gasteiger partial charge in [-0.15, -0.1) is 0 Å². The smallest absolute Gasteiger partial charge is 0.125 e. The number of hydrogen-bond donors (Lipinski definition) is 1. The van der Waals surface area contributed by atoms with E-state index in [0.29, 0.717) is 17.9 Å². The summed E-state index contributed by atoms with van der Waals surface area (Å²) in [5.41, 5.74) is 0.156. The molecule has 1 aromatic carbocycles. The van der Waals surface area contributed by atoms with Crippen molar-refractivity contribution in [2.45, 2.75) is 46.1 Å². The van der Waals surface area contributed by atoms with Gasteiger partial charge in [0.25, 0.3) is 0 Å². The molecule has 1 N–H and O–H groups in total. The second-order valence-electron chi connectivity index (χ2n) is 5.66. The summed E-state index contributed by atoms with van der Waals surface area (Å²) in [5.74, 6) is 0.130. The molecule has 1 atom stereocenters. The molecule has 0 radical (unpaired) electrons. The van der Waals surface area contributed by atoms with Gasteiger partial charge in [0.1, 0.15) is 11.6 Å². The molecule has 0 unspecified atom stereocenters. The second kappa shape index (κ2) is 7.25. The van der Waals surface area contributed by atoms with Crippen LogP contribution in [0, 0.1) is 22.6 Å². The summed E-state index contributed by atoms with van der Waals surface area (Å²) in [5, 5.41) is 18.5. The Bertz CT molecular complexity index is 478. The zero-order chi connectivity index (χ0) is 15.2. The molecule has 1 aromatic rings. The van der Waals surface area contributed by atoms with E-state index >= 15 is 0 Å². The van der Waals surface area contributed by atoms with Crippen molar-refractivity contribution in [2.75, 3.05) is 6.61 Å². The van der Waals surface area contributed by atoms with Crippen molar-refractivity contribution in [3.63, 3.8) is 0 Å². The Morgan fingerprint density at radius 2 is 2.10 bits per heavy atom. The number of aliphatic hydroxyl groups is 1. The van der Waals surface area contributed by atoms with Gasteiger partial charge in [-0.25, -0.2) is 4.39 Å². The van der Waals surface area contributed by atoms with Crippen LogP contribution in [0.25, 0.3) is 0 Å². The zero-order valence-corrected chi connectivity index (χ0v) is 12.3. The molecule has 0 aliphatic carbocycles. The predicted octanol–water partition coefficient (Wildman–Crippen LogP) is 3.98. The lowest BCUT2D eigenvalue weighted by molar-refractivity contribution is 0.190. The molecule has 0 bridgehead atoms. The fourth-order valence-electron chi connectivity index (χ4n) is 1.88. The number of hydrogen-bond acceptors (Lipinski definition) is 3. The summed E-state index contributed by atoms with van der Waals surface area (Å²) in [7, 11) is 0. The number of nitrogens with zero attached hydrogens (tertiary/aromatic N) is 1. The van der Waals surface area contributed by atoms with E-state index in [1.54, 1.807) is 6.92 Å². The molecule has 20 heavy (non-hydrogen) atoms. The highest BCUT2D eigenvalue weighted by molar-refractivity contribution is 5.35. The summed E-state index contributed by atoms with van der Waals surface area (Å²) in [6.45, 7) is 5.91. The first kappa shape index (κ1) is 16.5. The van der Waals surface area contributed by atoms with Gasteiger partial charge in [-0.3, -0.25) is 0 Å². The minimum Gasteiger partial charge on any atom is -0.493 e. The molecule has 0 aromatic heterocycles. The van der Waals surface area contributed by atoms with E-state index in [4.69, 9.17) is 10.00 Å². The molecule has 0 saturated carbocycles. The van der Waals surface area contributed by atoms with Crippen LogP contribution in [0.2, 0.25) is 0 Å². The van der Waals surface area contributed by atoms with Crippen LogP contribution in [0.15, 0.2) is 18.2 Å². The van der Waals surface area contributed by atoms with Crippen LogP contribution in [-0.2, 0) is 0 Å². The molecule has 3 nitrogen and oxygen atoms in total. The van der Waals surface area contributed by atoms with Gasteiger partial charge >= 0.3 is 0 Å². The summed E-state index contributed by atoms with van der Waals surface area (Å²) in [6.07, 6.45) is 1.77. The molecular weight excluding hydrogens is 257 g/mol. The van der Waals surface area contributed by atoms with Crippen molar-refractivity contribution >= 4 is 0 Å². The maximum absolute atomic E-state index is 13.1. The van der Waals surface area contributed by atoms with Crippen molar-refractivity contribution in [1.29, 1.82) is 5.26 Å². The van der Waals surface area contributed by atoms with E-state index in [1.165, 1.54) is 18.2 Å². The second-order valence-corrected chi connectivity index (χ2v) is 5.66. The van der Waals surface area contributed by atoms with Gasteiger partial charge in [-0.2, -0.15) is 5.26 Å². The fourth-order valence-corrected chi connectivity index (χ4v) is 1.88. The van der Waals surface area contributed by atoms with E-state index in [9.17, 15) is 9.50 Å². The molecule has 0 fully saturated rings. The lowest BCUT2D eigenvalue weighted by Gasteiger charge is -2.16. The highest BCUT2D eigenvalue weighted by Gasteiger charge is 2.15. The standard InChI is InChI=1S/C16H22FNO2/c1-12(19)14-10-13(17)6-7-15(14)20-9-5-4-8-16(2,3)11-18/h6-7,10,12,19H,4-5,8-9H2,1-3H3/t12-/m1/s1. The van der Waals surface area contributed by atoms with E-state index in [2.05, 4.69) is 6.07 Å². The SMILES string of the molecule is C[C@@H](O)c1cc(F)ccc1OCCCCC(C)(C)C#N. The average molecular weight is 279 g/mol. The Morgan fingerprint density at radius 3 is 2.70 bits per heavy atom. The van der Waals surface area contributed by atoms with Crippen LogP contribution in [0.4, 0.5) is 4.39 Å². The lowest BCUT2D eigenvalue weighted by atomic mass is 9.89. The van der Waals surface area contributed by atoms with Gasteiger partial charge in [-0.1, -0.05) is 0 Å². The maximum Gasteiger partial charge on any atom is 0.125 e. The van der Waals surface area contributed by atoms with Gasteiger partial charge in [0.15, 0.2) is 0 Å². The molecule has 1 rings (SSSR count). The number of rotatable bonds is 7. The Kier molecular flexibility index (Phi) is 5.97. The topological polar surface area (TPSA) is 53.2 Å². The third kappa shape index (κ3) is 5.18. The molecule has 4 heteroatoms. The van der Waals surface area contributed by atoms with Gasteiger partial charge in [0.05, 0.1) is 24.2 Å². The van der Waals surface area contributed by atoms with Crippen LogP contribution in [-0.4, -0.2) is 11.7 Å². The molecule has 0 amide bonds. The van der Waals surface area contributed by atoms with Gasteiger partial charge < -0.3 is 9.84 Å². The third-order valence-corrected chi connectivity index (χ3v) is 3.18.